The van der Waals surface area contributed by atoms with Crippen molar-refractivity contribution in [2.75, 3.05) is 6.61 Å². The van der Waals surface area contributed by atoms with Crippen LogP contribution in [0.1, 0.15) is 20.3 Å². The number of aliphatic carboxylic acids is 1. The Morgan fingerprint density at radius 2 is 2.00 bits per heavy atom. The third-order valence-electron chi connectivity index (χ3n) is 1.25. The van der Waals surface area contributed by atoms with Crippen molar-refractivity contribution in [3.63, 3.8) is 0 Å². The van der Waals surface area contributed by atoms with Crippen LogP contribution in [0, 0.1) is 5.92 Å². The van der Waals surface area contributed by atoms with Crippen LogP contribution in [0.15, 0.2) is 0 Å². The molecule has 0 heterocycles. The molecule has 0 unspecified atom stereocenters. The molecule has 5 heteroatoms. The number of nitrogens with two attached hydrogens (primary N) is 1. The van der Waals surface area contributed by atoms with Gasteiger partial charge in [0.2, 0.25) is 0 Å². The number of ether oxygens (including phenoxy) is 1. The number of carbonyl (C=O) groups is 2. The lowest BCUT2D eigenvalue weighted by molar-refractivity contribution is -0.306. The third-order valence-corrected chi connectivity index (χ3v) is 1.25. The maximum Gasteiger partial charge on any atom is 0.323 e. The summed E-state index contributed by atoms with van der Waals surface area (Å²) in [5.41, 5.74) is 5.21. The molecular formula is C8H14NO4-. The zero-order valence-corrected chi connectivity index (χ0v) is 7.78. The third kappa shape index (κ3) is 6.10. The molecule has 0 radical (unpaired) electrons. The summed E-state index contributed by atoms with van der Waals surface area (Å²) in [7, 11) is 0. The van der Waals surface area contributed by atoms with Crippen LogP contribution < -0.4 is 10.8 Å². The monoisotopic (exact) mass is 188 g/mol. The quantitative estimate of drug-likeness (QED) is 0.538. The van der Waals surface area contributed by atoms with Crippen LogP contribution in [-0.4, -0.2) is 24.6 Å². The Morgan fingerprint density at radius 3 is 2.38 bits per heavy atom. The van der Waals surface area contributed by atoms with Crippen molar-refractivity contribution in [3.8, 4) is 0 Å². The van der Waals surface area contributed by atoms with E-state index in [1.165, 1.54) is 0 Å². The molecule has 2 N–H and O–H groups in total. The maximum atomic E-state index is 10.9. The topological polar surface area (TPSA) is 92.5 Å². The van der Waals surface area contributed by atoms with Crippen molar-refractivity contribution in [2.45, 2.75) is 26.3 Å². The van der Waals surface area contributed by atoms with Gasteiger partial charge in [0.1, 0.15) is 6.04 Å². The zero-order chi connectivity index (χ0) is 10.4. The van der Waals surface area contributed by atoms with Crippen LogP contribution >= 0.6 is 0 Å². The molecule has 1 atom stereocenters. The van der Waals surface area contributed by atoms with Crippen molar-refractivity contribution in [1.82, 2.24) is 0 Å². The summed E-state index contributed by atoms with van der Waals surface area (Å²) in [5, 5.41) is 10.1. The van der Waals surface area contributed by atoms with E-state index in [1.807, 2.05) is 13.8 Å². The summed E-state index contributed by atoms with van der Waals surface area (Å²) in [5.74, 6) is -1.84. The van der Waals surface area contributed by atoms with Crippen molar-refractivity contribution in [2.24, 2.45) is 11.7 Å². The van der Waals surface area contributed by atoms with Gasteiger partial charge in [-0.3, -0.25) is 4.79 Å². The number of carboxylic acids is 1. The Hall–Kier alpha value is -1.10. The first-order chi connectivity index (χ1) is 5.93. The summed E-state index contributed by atoms with van der Waals surface area (Å²) >= 11 is 0. The molecule has 76 valence electrons. The van der Waals surface area contributed by atoms with Crippen LogP contribution in [0.2, 0.25) is 0 Å². The van der Waals surface area contributed by atoms with Gasteiger partial charge in [-0.05, 0) is 5.92 Å². The van der Waals surface area contributed by atoms with Gasteiger partial charge in [0.15, 0.2) is 0 Å². The van der Waals surface area contributed by atoms with E-state index in [0.29, 0.717) is 0 Å². The minimum absolute atomic E-state index is 0.208. The van der Waals surface area contributed by atoms with E-state index in [2.05, 4.69) is 0 Å². The Balaban J connectivity index is 3.76. The van der Waals surface area contributed by atoms with E-state index in [1.54, 1.807) is 0 Å². The molecule has 0 spiro atoms. The smallest absolute Gasteiger partial charge is 0.323 e. The molecule has 0 aliphatic heterocycles. The molecule has 13 heavy (non-hydrogen) atoms. The predicted molar refractivity (Wildman–Crippen MR) is 43.4 cm³/mol. The highest BCUT2D eigenvalue weighted by Gasteiger charge is 2.15. The molecular weight excluding hydrogens is 174 g/mol. The SMILES string of the molecule is CC(C)COC(=O)[C@@H](N)CC(=O)[O-]. The lowest BCUT2D eigenvalue weighted by Gasteiger charge is -2.12. The molecule has 0 aliphatic rings. The Kier molecular flexibility index (Phi) is 5.06. The standard InChI is InChI=1S/C8H15NO4/c1-5(2)4-13-8(12)6(9)3-7(10)11/h5-6H,3-4,9H2,1-2H3,(H,10,11)/p-1/t6-/m0/s1. The zero-order valence-electron chi connectivity index (χ0n) is 7.78. The highest BCUT2D eigenvalue weighted by Crippen LogP contribution is 1.96. The fraction of sp³-hybridized carbons (Fsp3) is 0.750. The van der Waals surface area contributed by atoms with E-state index < -0.39 is 24.4 Å². The van der Waals surface area contributed by atoms with E-state index in [4.69, 9.17) is 10.5 Å². The second kappa shape index (κ2) is 5.53. The first kappa shape index (κ1) is 11.9. The van der Waals surface area contributed by atoms with Crippen molar-refractivity contribution in [1.29, 1.82) is 0 Å². The van der Waals surface area contributed by atoms with Gasteiger partial charge in [-0.15, -0.1) is 0 Å². The van der Waals surface area contributed by atoms with Crippen LogP contribution in [0.4, 0.5) is 0 Å². The maximum absolute atomic E-state index is 10.9. The fourth-order valence-corrected chi connectivity index (χ4v) is 0.619. The van der Waals surface area contributed by atoms with Gasteiger partial charge < -0.3 is 20.4 Å². The van der Waals surface area contributed by atoms with Crippen LogP contribution in [0.5, 0.6) is 0 Å². The number of hydrogen-bond donors (Lipinski definition) is 1. The van der Waals surface area contributed by atoms with Crippen LogP contribution in [0.25, 0.3) is 0 Å². The molecule has 5 nitrogen and oxygen atoms in total. The number of carboxylic acid groups (broad SMARTS) is 1. The van der Waals surface area contributed by atoms with Gasteiger partial charge in [0, 0.05) is 12.4 Å². The van der Waals surface area contributed by atoms with Gasteiger partial charge in [-0.1, -0.05) is 13.8 Å². The summed E-state index contributed by atoms with van der Waals surface area (Å²) in [4.78, 5) is 21.0. The molecule has 0 aromatic rings. The van der Waals surface area contributed by atoms with Crippen molar-refractivity contribution in [3.05, 3.63) is 0 Å². The van der Waals surface area contributed by atoms with Crippen LogP contribution in [0.3, 0.4) is 0 Å². The summed E-state index contributed by atoms with van der Waals surface area (Å²) < 4.78 is 4.71. The molecule has 0 aromatic carbocycles. The summed E-state index contributed by atoms with van der Waals surface area (Å²) in [6.45, 7) is 3.99. The Bertz CT molecular complexity index is 191. The molecule has 0 bridgehead atoms. The molecule has 0 saturated carbocycles. The first-order valence-electron chi connectivity index (χ1n) is 4.05. The number of hydrogen-bond acceptors (Lipinski definition) is 5. The Morgan fingerprint density at radius 1 is 1.46 bits per heavy atom. The average molecular weight is 188 g/mol. The van der Waals surface area contributed by atoms with Gasteiger partial charge in [-0.2, -0.15) is 0 Å². The molecule has 0 saturated heterocycles. The molecule has 0 amide bonds. The van der Waals surface area contributed by atoms with Crippen LogP contribution in [-0.2, 0) is 14.3 Å². The van der Waals surface area contributed by atoms with Gasteiger partial charge in [0.25, 0.3) is 0 Å². The molecule has 0 aliphatic carbocycles. The van der Waals surface area contributed by atoms with Gasteiger partial charge in [0.05, 0.1) is 6.61 Å². The second-order valence-electron chi connectivity index (χ2n) is 3.21. The van der Waals surface area contributed by atoms with E-state index >= 15 is 0 Å². The van der Waals surface area contributed by atoms with E-state index in [9.17, 15) is 14.7 Å². The predicted octanol–water partition coefficient (Wildman–Crippen LogP) is -1.35. The first-order valence-corrected chi connectivity index (χ1v) is 4.05. The number of rotatable bonds is 5. The average Bonchev–Trinajstić information content (AvgIpc) is 1.98. The minimum atomic E-state index is -1.35. The summed E-state index contributed by atoms with van der Waals surface area (Å²) in [6, 6.07) is -1.12. The van der Waals surface area contributed by atoms with E-state index in [0.717, 1.165) is 0 Å². The molecule has 0 fully saturated rings. The Labute approximate surface area is 76.9 Å². The highest BCUT2D eigenvalue weighted by atomic mass is 16.5. The normalized spacial score (nSPS) is 12.6. The highest BCUT2D eigenvalue weighted by molar-refractivity contribution is 5.80. The van der Waals surface area contributed by atoms with Gasteiger partial charge >= 0.3 is 5.97 Å². The van der Waals surface area contributed by atoms with Gasteiger partial charge in [-0.25, -0.2) is 0 Å². The number of esters is 1. The van der Waals surface area contributed by atoms with Crippen molar-refractivity contribution >= 4 is 11.9 Å². The fourth-order valence-electron chi connectivity index (χ4n) is 0.619. The lowest BCUT2D eigenvalue weighted by atomic mass is 10.2. The minimum Gasteiger partial charge on any atom is -0.550 e. The number of carbonyl (C=O) groups excluding carboxylic acids is 2. The second-order valence-corrected chi connectivity index (χ2v) is 3.21. The molecule has 0 rings (SSSR count). The molecule has 0 aromatic heterocycles. The summed E-state index contributed by atoms with van der Waals surface area (Å²) in [6.07, 6.45) is -0.503. The lowest BCUT2D eigenvalue weighted by Crippen LogP contribution is -2.39. The largest absolute Gasteiger partial charge is 0.550 e. The van der Waals surface area contributed by atoms with E-state index in [-0.39, 0.29) is 12.5 Å². The van der Waals surface area contributed by atoms with Crippen molar-refractivity contribution < 1.29 is 19.4 Å².